The summed E-state index contributed by atoms with van der Waals surface area (Å²) in [6.45, 7) is 0.911. The maximum Gasteiger partial charge on any atom is 0.0699 e. The molecule has 1 aromatic carbocycles. The van der Waals surface area contributed by atoms with Crippen molar-refractivity contribution in [1.82, 2.24) is 14.7 Å². The quantitative estimate of drug-likeness (QED) is 0.785. The number of aryl methyl sites for hydroxylation is 1. The summed E-state index contributed by atoms with van der Waals surface area (Å²) in [4.78, 5) is 2.18. The van der Waals surface area contributed by atoms with Crippen LogP contribution >= 0.6 is 11.6 Å². The van der Waals surface area contributed by atoms with Crippen LogP contribution in [0.25, 0.3) is 5.57 Å². The third-order valence-corrected chi connectivity index (χ3v) is 3.46. The molecular weight excluding hydrogens is 246 g/mol. The van der Waals surface area contributed by atoms with Crippen molar-refractivity contribution < 1.29 is 0 Å². The largest absolute Gasteiger partial charge is 0.376 e. The second-order valence-corrected chi connectivity index (χ2v) is 5.04. The third-order valence-electron chi connectivity index (χ3n) is 3.23. The first-order valence-electron chi connectivity index (χ1n) is 5.84. The van der Waals surface area contributed by atoms with Crippen LogP contribution in [0.15, 0.2) is 36.7 Å². The molecule has 0 atom stereocenters. The van der Waals surface area contributed by atoms with Gasteiger partial charge in [0.05, 0.1) is 5.69 Å². The average molecular weight is 260 g/mol. The van der Waals surface area contributed by atoms with Gasteiger partial charge in [-0.05, 0) is 29.3 Å². The molecule has 0 saturated heterocycles. The highest BCUT2D eigenvalue weighted by Gasteiger charge is 2.18. The second-order valence-electron chi connectivity index (χ2n) is 4.60. The molecule has 0 N–H and O–H groups in total. The summed E-state index contributed by atoms with van der Waals surface area (Å²) in [5, 5.41) is 5.01. The first kappa shape index (κ1) is 11.4. The molecule has 0 amide bonds. The fraction of sp³-hybridized carbons (Fsp3) is 0.214. The van der Waals surface area contributed by atoms with Gasteiger partial charge in [0, 0.05) is 43.6 Å². The summed E-state index contributed by atoms with van der Waals surface area (Å²) in [7, 11) is 4.03. The monoisotopic (exact) mass is 259 g/mol. The normalized spacial score (nSPS) is 14.4. The molecule has 2 heterocycles. The Hall–Kier alpha value is -1.74. The van der Waals surface area contributed by atoms with Crippen LogP contribution in [0.5, 0.6) is 0 Å². The van der Waals surface area contributed by atoms with Crippen molar-refractivity contribution in [1.29, 1.82) is 0 Å². The fourth-order valence-corrected chi connectivity index (χ4v) is 2.56. The highest BCUT2D eigenvalue weighted by atomic mass is 35.5. The fourth-order valence-electron chi connectivity index (χ4n) is 2.38. The predicted molar refractivity (Wildman–Crippen MR) is 73.2 cm³/mol. The van der Waals surface area contributed by atoms with Gasteiger partial charge in [-0.25, -0.2) is 0 Å². The summed E-state index contributed by atoms with van der Waals surface area (Å²) < 4.78 is 1.88. The van der Waals surface area contributed by atoms with Crippen LogP contribution in [0.2, 0.25) is 5.02 Å². The number of hydrogen-bond donors (Lipinski definition) is 0. The van der Waals surface area contributed by atoms with Gasteiger partial charge in [0.15, 0.2) is 0 Å². The average Bonchev–Trinajstić information content (AvgIpc) is 2.75. The zero-order valence-corrected chi connectivity index (χ0v) is 11.1. The van der Waals surface area contributed by atoms with Gasteiger partial charge in [0.25, 0.3) is 0 Å². The number of aromatic nitrogens is 2. The van der Waals surface area contributed by atoms with E-state index < -0.39 is 0 Å². The second kappa shape index (κ2) is 4.18. The van der Waals surface area contributed by atoms with Crippen LogP contribution in [-0.2, 0) is 13.6 Å². The van der Waals surface area contributed by atoms with E-state index in [1.807, 2.05) is 36.1 Å². The minimum atomic E-state index is 0.770. The molecule has 2 aromatic rings. The maximum absolute atomic E-state index is 6.12. The zero-order chi connectivity index (χ0) is 12.7. The van der Waals surface area contributed by atoms with Crippen molar-refractivity contribution in [3.05, 3.63) is 58.5 Å². The van der Waals surface area contributed by atoms with Crippen LogP contribution < -0.4 is 0 Å². The van der Waals surface area contributed by atoms with E-state index in [1.165, 1.54) is 16.7 Å². The lowest BCUT2D eigenvalue weighted by Gasteiger charge is -2.25. The Kier molecular flexibility index (Phi) is 2.63. The van der Waals surface area contributed by atoms with E-state index in [-0.39, 0.29) is 0 Å². The van der Waals surface area contributed by atoms with E-state index in [4.69, 9.17) is 11.6 Å². The van der Waals surface area contributed by atoms with Gasteiger partial charge in [-0.3, -0.25) is 4.68 Å². The van der Waals surface area contributed by atoms with Crippen LogP contribution in [0.1, 0.15) is 16.8 Å². The standard InChI is InChI=1S/C14H14ClN3/c1-17-8-10-3-4-11(15)7-12(10)13(9-17)14-5-6-16-18(14)2/h3-7,9H,8H2,1-2H3. The van der Waals surface area contributed by atoms with E-state index in [2.05, 4.69) is 29.3 Å². The lowest BCUT2D eigenvalue weighted by molar-refractivity contribution is 0.445. The van der Waals surface area contributed by atoms with Crippen LogP contribution in [-0.4, -0.2) is 21.7 Å². The summed E-state index contributed by atoms with van der Waals surface area (Å²) in [5.74, 6) is 0. The summed E-state index contributed by atoms with van der Waals surface area (Å²) >= 11 is 6.12. The molecule has 1 aliphatic rings. The Labute approximate surface area is 111 Å². The van der Waals surface area contributed by atoms with Crippen molar-refractivity contribution in [2.45, 2.75) is 6.54 Å². The van der Waals surface area contributed by atoms with Gasteiger partial charge in [0.1, 0.15) is 0 Å². The molecular formula is C14H14ClN3. The number of nitrogens with zero attached hydrogens (tertiary/aromatic N) is 3. The minimum absolute atomic E-state index is 0.770. The Morgan fingerprint density at radius 2 is 2.06 bits per heavy atom. The first-order chi connectivity index (χ1) is 8.65. The van der Waals surface area contributed by atoms with Crippen molar-refractivity contribution in [3.8, 4) is 0 Å². The summed E-state index contributed by atoms with van der Waals surface area (Å²) in [6.07, 6.45) is 3.96. The van der Waals surface area contributed by atoms with Crippen LogP contribution in [0.3, 0.4) is 0 Å². The van der Waals surface area contributed by atoms with E-state index >= 15 is 0 Å². The lowest BCUT2D eigenvalue weighted by atomic mass is 9.95. The van der Waals surface area contributed by atoms with Crippen molar-refractivity contribution in [3.63, 3.8) is 0 Å². The topological polar surface area (TPSA) is 21.1 Å². The Bertz CT molecular complexity index is 628. The summed E-state index contributed by atoms with van der Waals surface area (Å²) in [6, 6.07) is 8.09. The number of halogens is 1. The van der Waals surface area contributed by atoms with Gasteiger partial charge >= 0.3 is 0 Å². The molecule has 3 nitrogen and oxygen atoms in total. The van der Waals surface area contributed by atoms with Gasteiger partial charge in [-0.15, -0.1) is 0 Å². The Morgan fingerprint density at radius 3 is 2.78 bits per heavy atom. The Balaban J connectivity index is 2.20. The van der Waals surface area contributed by atoms with Gasteiger partial charge in [0.2, 0.25) is 0 Å². The smallest absolute Gasteiger partial charge is 0.0699 e. The lowest BCUT2D eigenvalue weighted by Crippen LogP contribution is -2.18. The maximum atomic E-state index is 6.12. The van der Waals surface area contributed by atoms with Gasteiger partial charge < -0.3 is 4.90 Å². The molecule has 0 spiro atoms. The Morgan fingerprint density at radius 1 is 1.22 bits per heavy atom. The molecule has 1 aromatic heterocycles. The first-order valence-corrected chi connectivity index (χ1v) is 6.22. The molecule has 18 heavy (non-hydrogen) atoms. The predicted octanol–water partition coefficient (Wildman–Crippen LogP) is 2.91. The van der Waals surface area contributed by atoms with Gasteiger partial charge in [-0.1, -0.05) is 17.7 Å². The van der Waals surface area contributed by atoms with E-state index in [0.29, 0.717) is 0 Å². The third kappa shape index (κ3) is 1.81. The van der Waals surface area contributed by atoms with E-state index in [0.717, 1.165) is 17.3 Å². The van der Waals surface area contributed by atoms with Crippen molar-refractivity contribution >= 4 is 17.2 Å². The highest BCUT2D eigenvalue weighted by molar-refractivity contribution is 6.30. The van der Waals surface area contributed by atoms with E-state index in [1.54, 1.807) is 0 Å². The SMILES string of the molecule is CN1C=C(c2ccnn2C)c2cc(Cl)ccc2C1. The van der Waals surface area contributed by atoms with Crippen molar-refractivity contribution in [2.75, 3.05) is 7.05 Å². The molecule has 3 rings (SSSR count). The van der Waals surface area contributed by atoms with Crippen LogP contribution in [0, 0.1) is 0 Å². The molecule has 0 unspecified atom stereocenters. The molecule has 0 bridgehead atoms. The molecule has 0 radical (unpaired) electrons. The van der Waals surface area contributed by atoms with Gasteiger partial charge in [-0.2, -0.15) is 5.10 Å². The highest BCUT2D eigenvalue weighted by Crippen LogP contribution is 2.32. The molecule has 0 aliphatic carbocycles. The number of benzene rings is 1. The summed E-state index contributed by atoms with van der Waals surface area (Å²) in [5.41, 5.74) is 4.76. The molecule has 92 valence electrons. The zero-order valence-electron chi connectivity index (χ0n) is 10.4. The number of hydrogen-bond acceptors (Lipinski definition) is 2. The molecule has 1 aliphatic heterocycles. The molecule has 0 fully saturated rings. The molecule has 4 heteroatoms. The number of rotatable bonds is 1. The van der Waals surface area contributed by atoms with E-state index in [9.17, 15) is 0 Å². The minimum Gasteiger partial charge on any atom is -0.376 e. The van der Waals surface area contributed by atoms with Crippen LogP contribution in [0.4, 0.5) is 0 Å². The van der Waals surface area contributed by atoms with Crippen molar-refractivity contribution in [2.24, 2.45) is 7.05 Å². The number of fused-ring (bicyclic) bond motifs is 1. The molecule has 0 saturated carbocycles.